The molecule has 3 rings (SSSR count). The number of imide groups is 1. The molecule has 0 saturated heterocycles. The van der Waals surface area contributed by atoms with Crippen LogP contribution in [0.25, 0.3) is 0 Å². The van der Waals surface area contributed by atoms with E-state index in [1.807, 2.05) is 32.0 Å². The number of carbonyl (C=O) groups is 2. The van der Waals surface area contributed by atoms with Crippen LogP contribution >= 0.6 is 23.2 Å². The highest BCUT2D eigenvalue weighted by Crippen LogP contribution is 2.37. The lowest BCUT2D eigenvalue weighted by molar-refractivity contribution is -0.120. The maximum atomic E-state index is 12.9. The normalized spacial score (nSPS) is 14.3. The van der Waals surface area contributed by atoms with Crippen LogP contribution in [0.15, 0.2) is 47.1 Å². The van der Waals surface area contributed by atoms with E-state index in [2.05, 4.69) is 5.32 Å². The van der Waals surface area contributed by atoms with Crippen molar-refractivity contribution in [3.8, 4) is 5.75 Å². The number of nitrogens with zero attached hydrogens (tertiary/aromatic N) is 1. The van der Waals surface area contributed by atoms with E-state index in [9.17, 15) is 9.59 Å². The third-order valence-electron chi connectivity index (χ3n) is 3.90. The van der Waals surface area contributed by atoms with Crippen molar-refractivity contribution in [2.75, 3.05) is 17.3 Å². The highest BCUT2D eigenvalue weighted by molar-refractivity contribution is 6.53. The van der Waals surface area contributed by atoms with Gasteiger partial charge in [0.25, 0.3) is 11.8 Å². The summed E-state index contributed by atoms with van der Waals surface area (Å²) in [6, 6.07) is 10.4. The smallest absolute Gasteiger partial charge is 0.283 e. The van der Waals surface area contributed by atoms with E-state index in [1.165, 1.54) is 13.2 Å². The lowest BCUT2D eigenvalue weighted by atomic mass is 10.1. The van der Waals surface area contributed by atoms with E-state index >= 15 is 0 Å². The van der Waals surface area contributed by atoms with Gasteiger partial charge >= 0.3 is 0 Å². The molecule has 26 heavy (non-hydrogen) atoms. The monoisotopic (exact) mass is 390 g/mol. The van der Waals surface area contributed by atoms with Crippen molar-refractivity contribution in [1.29, 1.82) is 0 Å². The summed E-state index contributed by atoms with van der Waals surface area (Å²) < 4.78 is 5.24. The van der Waals surface area contributed by atoms with Gasteiger partial charge in [-0.15, -0.1) is 0 Å². The number of carbonyl (C=O) groups excluding carboxylic acids is 2. The summed E-state index contributed by atoms with van der Waals surface area (Å²) in [5.41, 5.74) is 2.98. The number of benzene rings is 2. The largest absolute Gasteiger partial charge is 0.495 e. The Kier molecular flexibility index (Phi) is 4.94. The molecule has 5 nitrogen and oxygen atoms in total. The average Bonchev–Trinajstić information content (AvgIpc) is 2.77. The number of anilines is 2. The zero-order valence-electron chi connectivity index (χ0n) is 14.4. The van der Waals surface area contributed by atoms with Gasteiger partial charge in [0.1, 0.15) is 16.5 Å². The van der Waals surface area contributed by atoms with E-state index in [0.29, 0.717) is 16.5 Å². The second-order valence-corrected chi connectivity index (χ2v) is 6.77. The van der Waals surface area contributed by atoms with Gasteiger partial charge in [-0.1, -0.05) is 29.3 Å². The molecule has 0 bridgehead atoms. The van der Waals surface area contributed by atoms with E-state index in [1.54, 1.807) is 12.1 Å². The molecule has 1 heterocycles. The van der Waals surface area contributed by atoms with Gasteiger partial charge in [-0.3, -0.25) is 9.59 Å². The first-order chi connectivity index (χ1) is 12.3. The van der Waals surface area contributed by atoms with Crippen LogP contribution in [0.5, 0.6) is 5.75 Å². The minimum atomic E-state index is -0.635. The summed E-state index contributed by atoms with van der Waals surface area (Å²) in [6.07, 6.45) is 0. The number of ether oxygens (including phenoxy) is 1. The minimum absolute atomic E-state index is 0.0173. The Morgan fingerprint density at radius 1 is 0.962 bits per heavy atom. The lowest BCUT2D eigenvalue weighted by Crippen LogP contribution is -2.32. The van der Waals surface area contributed by atoms with Crippen LogP contribution in [0.1, 0.15) is 11.1 Å². The van der Waals surface area contributed by atoms with Crippen molar-refractivity contribution < 1.29 is 14.3 Å². The highest BCUT2D eigenvalue weighted by atomic mass is 35.5. The molecule has 0 unspecified atom stereocenters. The first-order valence-electron chi connectivity index (χ1n) is 7.79. The molecule has 134 valence electrons. The number of hydrogen-bond acceptors (Lipinski definition) is 4. The summed E-state index contributed by atoms with van der Waals surface area (Å²) in [7, 11) is 1.45. The van der Waals surface area contributed by atoms with E-state index in [0.717, 1.165) is 16.0 Å². The molecule has 0 atom stereocenters. The number of nitrogens with one attached hydrogen (secondary N) is 1. The number of aryl methyl sites for hydroxylation is 2. The van der Waals surface area contributed by atoms with E-state index in [4.69, 9.17) is 27.9 Å². The molecule has 7 heteroatoms. The molecule has 2 aromatic rings. The van der Waals surface area contributed by atoms with Crippen molar-refractivity contribution in [2.45, 2.75) is 13.8 Å². The van der Waals surface area contributed by atoms with Crippen LogP contribution in [-0.4, -0.2) is 18.9 Å². The molecular formula is C19H16Cl2N2O3. The highest BCUT2D eigenvalue weighted by Gasteiger charge is 2.40. The summed E-state index contributed by atoms with van der Waals surface area (Å²) in [6.45, 7) is 3.89. The predicted octanol–water partition coefficient (Wildman–Crippen LogP) is 4.40. The van der Waals surface area contributed by atoms with Gasteiger partial charge in [0, 0.05) is 10.7 Å². The first-order valence-corrected chi connectivity index (χ1v) is 8.55. The zero-order valence-corrected chi connectivity index (χ0v) is 15.9. The Morgan fingerprint density at radius 3 is 2.23 bits per heavy atom. The topological polar surface area (TPSA) is 58.6 Å². The zero-order chi connectivity index (χ0) is 19.0. The molecule has 0 aliphatic carbocycles. The van der Waals surface area contributed by atoms with Gasteiger partial charge in [0.05, 0.1) is 12.8 Å². The Labute approximate surface area is 161 Å². The predicted molar refractivity (Wildman–Crippen MR) is 103 cm³/mol. The maximum Gasteiger partial charge on any atom is 0.283 e. The van der Waals surface area contributed by atoms with Crippen LogP contribution in [0, 0.1) is 13.8 Å². The van der Waals surface area contributed by atoms with E-state index in [-0.39, 0.29) is 16.4 Å². The van der Waals surface area contributed by atoms with Crippen LogP contribution < -0.4 is 15.0 Å². The molecule has 1 aliphatic heterocycles. The molecule has 0 radical (unpaired) electrons. The van der Waals surface area contributed by atoms with Crippen molar-refractivity contribution in [3.63, 3.8) is 0 Å². The maximum absolute atomic E-state index is 12.9. The second kappa shape index (κ2) is 7.02. The molecule has 0 spiro atoms. The summed E-state index contributed by atoms with van der Waals surface area (Å²) in [5, 5.41) is 3.15. The van der Waals surface area contributed by atoms with Crippen LogP contribution in [0.3, 0.4) is 0 Å². The van der Waals surface area contributed by atoms with Gasteiger partial charge in [0.2, 0.25) is 0 Å². The van der Waals surface area contributed by atoms with Crippen LogP contribution in [-0.2, 0) is 9.59 Å². The standard InChI is InChI=1S/C19H16Cl2N2O3/c1-10-6-11(2)8-13(7-10)22-17-16(21)18(24)23(19(17)25)14-9-12(20)4-5-15(14)26-3/h4-9,22H,1-3H3. The Hall–Kier alpha value is -2.50. The van der Waals surface area contributed by atoms with E-state index < -0.39 is 11.8 Å². The fraction of sp³-hybridized carbons (Fsp3) is 0.158. The molecule has 1 aliphatic rings. The third kappa shape index (κ3) is 3.28. The average molecular weight is 391 g/mol. The fourth-order valence-electron chi connectivity index (χ4n) is 2.86. The molecule has 0 fully saturated rings. The molecule has 1 N–H and O–H groups in total. The van der Waals surface area contributed by atoms with Gasteiger partial charge < -0.3 is 10.1 Å². The quantitative estimate of drug-likeness (QED) is 0.785. The molecular weight excluding hydrogens is 375 g/mol. The second-order valence-electron chi connectivity index (χ2n) is 5.95. The fourth-order valence-corrected chi connectivity index (χ4v) is 3.24. The summed E-state index contributed by atoms with van der Waals surface area (Å²) >= 11 is 12.2. The van der Waals surface area contributed by atoms with Gasteiger partial charge in [0.15, 0.2) is 0 Å². The number of methoxy groups -OCH3 is 1. The third-order valence-corrected chi connectivity index (χ3v) is 4.49. The summed E-state index contributed by atoms with van der Waals surface area (Å²) in [5.74, 6) is -0.864. The van der Waals surface area contributed by atoms with Crippen molar-refractivity contribution in [2.24, 2.45) is 0 Å². The lowest BCUT2D eigenvalue weighted by Gasteiger charge is -2.18. The van der Waals surface area contributed by atoms with Crippen molar-refractivity contribution in [1.82, 2.24) is 0 Å². The molecule has 2 amide bonds. The Bertz CT molecular complexity index is 934. The number of hydrogen-bond donors (Lipinski definition) is 1. The van der Waals surface area contributed by atoms with Crippen molar-refractivity contribution in [3.05, 3.63) is 63.3 Å². The number of rotatable bonds is 4. The Balaban J connectivity index is 1.99. The van der Waals surface area contributed by atoms with Gasteiger partial charge in [-0.25, -0.2) is 4.90 Å². The summed E-state index contributed by atoms with van der Waals surface area (Å²) in [4.78, 5) is 26.4. The molecule has 0 saturated carbocycles. The number of amides is 2. The van der Waals surface area contributed by atoms with Gasteiger partial charge in [-0.2, -0.15) is 0 Å². The first kappa shape index (κ1) is 18.3. The number of halogens is 2. The molecule has 2 aromatic carbocycles. The van der Waals surface area contributed by atoms with Crippen LogP contribution in [0.2, 0.25) is 5.02 Å². The van der Waals surface area contributed by atoms with Gasteiger partial charge in [-0.05, 0) is 55.3 Å². The van der Waals surface area contributed by atoms with Crippen LogP contribution in [0.4, 0.5) is 11.4 Å². The Morgan fingerprint density at radius 2 is 1.62 bits per heavy atom. The molecule has 0 aromatic heterocycles. The minimum Gasteiger partial charge on any atom is -0.495 e. The SMILES string of the molecule is COc1ccc(Cl)cc1N1C(=O)C(Cl)=C(Nc2cc(C)cc(C)c2)C1=O. The van der Waals surface area contributed by atoms with Crippen molar-refractivity contribution >= 4 is 46.4 Å².